The monoisotopic (exact) mass is 248 g/mol. The molecule has 0 radical (unpaired) electrons. The van der Waals surface area contributed by atoms with Crippen LogP contribution in [-0.4, -0.2) is 17.2 Å². The van der Waals surface area contributed by atoms with Crippen LogP contribution in [0, 0.1) is 0 Å². The third kappa shape index (κ3) is 4.40. The number of carboxylic acid groups (broad SMARTS) is 1. The van der Waals surface area contributed by atoms with E-state index in [4.69, 9.17) is 33.0 Å². The molecule has 1 atom stereocenters. The molecule has 1 rings (SSSR count). The molecule has 0 aliphatic rings. The van der Waals surface area contributed by atoms with Gasteiger partial charge in [-0.1, -0.05) is 23.2 Å². The highest BCUT2D eigenvalue weighted by atomic mass is 35.5. The molecule has 0 spiro atoms. The van der Waals surface area contributed by atoms with Crippen LogP contribution in [0.2, 0.25) is 10.0 Å². The largest absolute Gasteiger partial charge is 0.490 e. The van der Waals surface area contributed by atoms with Gasteiger partial charge in [0.15, 0.2) is 0 Å². The van der Waals surface area contributed by atoms with Crippen molar-refractivity contribution in [3.8, 4) is 5.75 Å². The second kappa shape index (κ2) is 5.24. The molecular weight excluding hydrogens is 239 g/mol. The summed E-state index contributed by atoms with van der Waals surface area (Å²) in [6.45, 7) is 1.67. The van der Waals surface area contributed by atoms with Crippen molar-refractivity contribution >= 4 is 29.2 Å². The maximum absolute atomic E-state index is 10.4. The third-order valence-corrected chi connectivity index (χ3v) is 2.07. The van der Waals surface area contributed by atoms with Gasteiger partial charge in [0.25, 0.3) is 0 Å². The summed E-state index contributed by atoms with van der Waals surface area (Å²) in [5, 5.41) is 9.46. The molecular formula is C10H10Cl2O3. The van der Waals surface area contributed by atoms with Gasteiger partial charge in [0.05, 0.1) is 6.42 Å². The molecule has 0 saturated carbocycles. The molecule has 0 aliphatic heterocycles. The summed E-state index contributed by atoms with van der Waals surface area (Å²) in [6.07, 6.45) is -0.485. The predicted molar refractivity (Wildman–Crippen MR) is 58.8 cm³/mol. The molecule has 1 N–H and O–H groups in total. The minimum Gasteiger partial charge on any atom is -0.490 e. The van der Waals surface area contributed by atoms with Crippen molar-refractivity contribution in [2.24, 2.45) is 0 Å². The Morgan fingerprint density at radius 3 is 2.40 bits per heavy atom. The van der Waals surface area contributed by atoms with Crippen LogP contribution in [0.4, 0.5) is 0 Å². The van der Waals surface area contributed by atoms with Gasteiger partial charge < -0.3 is 9.84 Å². The van der Waals surface area contributed by atoms with Gasteiger partial charge in [0.1, 0.15) is 11.9 Å². The summed E-state index contributed by atoms with van der Waals surface area (Å²) in [5.74, 6) is -0.433. The van der Waals surface area contributed by atoms with Crippen LogP contribution in [0.1, 0.15) is 13.3 Å². The second-order valence-electron chi connectivity index (χ2n) is 3.13. The van der Waals surface area contributed by atoms with Gasteiger partial charge in [0.2, 0.25) is 0 Å². The minimum absolute atomic E-state index is 0.0653. The molecule has 0 aromatic heterocycles. The highest BCUT2D eigenvalue weighted by molar-refractivity contribution is 6.34. The molecule has 0 unspecified atom stereocenters. The maximum Gasteiger partial charge on any atom is 0.307 e. The van der Waals surface area contributed by atoms with E-state index in [0.29, 0.717) is 15.8 Å². The highest BCUT2D eigenvalue weighted by Gasteiger charge is 2.09. The number of hydrogen-bond donors (Lipinski definition) is 1. The summed E-state index contributed by atoms with van der Waals surface area (Å²) in [7, 11) is 0. The van der Waals surface area contributed by atoms with E-state index in [2.05, 4.69) is 0 Å². The smallest absolute Gasteiger partial charge is 0.307 e. The van der Waals surface area contributed by atoms with Crippen molar-refractivity contribution in [2.75, 3.05) is 0 Å². The highest BCUT2D eigenvalue weighted by Crippen LogP contribution is 2.25. The van der Waals surface area contributed by atoms with Gasteiger partial charge in [-0.05, 0) is 25.1 Å². The van der Waals surface area contributed by atoms with Crippen LogP contribution in [0.15, 0.2) is 18.2 Å². The molecule has 0 fully saturated rings. The molecule has 3 nitrogen and oxygen atoms in total. The first kappa shape index (κ1) is 12.1. The van der Waals surface area contributed by atoms with E-state index in [-0.39, 0.29) is 6.42 Å². The zero-order chi connectivity index (χ0) is 11.4. The van der Waals surface area contributed by atoms with Crippen LogP contribution in [0.25, 0.3) is 0 Å². The number of ether oxygens (including phenoxy) is 1. The fourth-order valence-electron chi connectivity index (χ4n) is 1.12. The fourth-order valence-corrected chi connectivity index (χ4v) is 1.62. The standard InChI is InChI=1S/C10H10Cl2O3/c1-6(2-10(13)14)15-9-4-7(11)3-8(12)5-9/h3-6H,2H2,1H3,(H,13,14)/t6-/m0/s1. The topological polar surface area (TPSA) is 46.5 Å². The SMILES string of the molecule is C[C@@H](CC(=O)O)Oc1cc(Cl)cc(Cl)c1. The normalized spacial score (nSPS) is 12.2. The number of halogens is 2. The van der Waals surface area contributed by atoms with E-state index in [1.54, 1.807) is 25.1 Å². The molecule has 0 aliphatic carbocycles. The molecule has 0 heterocycles. The Labute approximate surface area is 97.6 Å². The van der Waals surface area contributed by atoms with E-state index in [1.165, 1.54) is 0 Å². The third-order valence-electron chi connectivity index (χ3n) is 1.64. The minimum atomic E-state index is -0.907. The lowest BCUT2D eigenvalue weighted by Gasteiger charge is -2.12. The molecule has 1 aromatic carbocycles. The van der Waals surface area contributed by atoms with E-state index in [9.17, 15) is 4.79 Å². The Hall–Kier alpha value is -0.930. The van der Waals surface area contributed by atoms with Gasteiger partial charge in [-0.3, -0.25) is 4.79 Å². The summed E-state index contributed by atoms with van der Waals surface area (Å²) in [5.41, 5.74) is 0. The Balaban J connectivity index is 2.67. The van der Waals surface area contributed by atoms with E-state index in [0.717, 1.165) is 0 Å². The van der Waals surface area contributed by atoms with Crippen molar-refractivity contribution in [3.63, 3.8) is 0 Å². The maximum atomic E-state index is 10.4. The predicted octanol–water partition coefficient (Wildman–Crippen LogP) is 3.24. The zero-order valence-corrected chi connectivity index (χ0v) is 9.55. The second-order valence-corrected chi connectivity index (χ2v) is 4.00. The molecule has 0 bridgehead atoms. The van der Waals surface area contributed by atoms with Crippen molar-refractivity contribution in [3.05, 3.63) is 28.2 Å². The Morgan fingerprint density at radius 2 is 1.93 bits per heavy atom. The first-order chi connectivity index (χ1) is 6.97. The molecule has 1 aromatic rings. The zero-order valence-electron chi connectivity index (χ0n) is 8.04. The van der Waals surface area contributed by atoms with Crippen LogP contribution >= 0.6 is 23.2 Å². The van der Waals surface area contributed by atoms with E-state index < -0.39 is 12.1 Å². The lowest BCUT2D eigenvalue weighted by Crippen LogP contribution is -2.16. The van der Waals surface area contributed by atoms with Gasteiger partial charge >= 0.3 is 5.97 Å². The summed E-state index contributed by atoms with van der Waals surface area (Å²) < 4.78 is 5.34. The lowest BCUT2D eigenvalue weighted by molar-refractivity contribution is -0.138. The van der Waals surface area contributed by atoms with Crippen LogP contribution in [-0.2, 0) is 4.79 Å². The summed E-state index contributed by atoms with van der Waals surface area (Å²) in [4.78, 5) is 10.4. The molecule has 15 heavy (non-hydrogen) atoms. The van der Waals surface area contributed by atoms with Crippen molar-refractivity contribution in [1.29, 1.82) is 0 Å². The Bertz CT molecular complexity index is 345. The number of rotatable bonds is 4. The lowest BCUT2D eigenvalue weighted by atomic mass is 10.3. The van der Waals surface area contributed by atoms with Gasteiger partial charge in [0, 0.05) is 10.0 Å². The van der Waals surface area contributed by atoms with E-state index in [1.807, 2.05) is 0 Å². The van der Waals surface area contributed by atoms with Crippen LogP contribution in [0.5, 0.6) is 5.75 Å². The quantitative estimate of drug-likeness (QED) is 0.890. The van der Waals surface area contributed by atoms with Crippen molar-refractivity contribution in [2.45, 2.75) is 19.4 Å². The number of hydrogen-bond acceptors (Lipinski definition) is 2. The fraction of sp³-hybridized carbons (Fsp3) is 0.300. The number of carbonyl (C=O) groups is 1. The molecule has 0 saturated heterocycles. The van der Waals surface area contributed by atoms with Crippen LogP contribution in [0.3, 0.4) is 0 Å². The Kier molecular flexibility index (Phi) is 4.24. The number of benzene rings is 1. The van der Waals surface area contributed by atoms with E-state index >= 15 is 0 Å². The summed E-state index contributed by atoms with van der Waals surface area (Å²) >= 11 is 11.5. The summed E-state index contributed by atoms with van der Waals surface area (Å²) in [6, 6.07) is 4.76. The van der Waals surface area contributed by atoms with Gasteiger partial charge in [-0.2, -0.15) is 0 Å². The molecule has 82 valence electrons. The van der Waals surface area contributed by atoms with Crippen molar-refractivity contribution in [1.82, 2.24) is 0 Å². The average Bonchev–Trinajstić information content (AvgIpc) is 1.98. The molecule has 0 amide bonds. The Morgan fingerprint density at radius 1 is 1.40 bits per heavy atom. The van der Waals surface area contributed by atoms with Gasteiger partial charge in [-0.15, -0.1) is 0 Å². The van der Waals surface area contributed by atoms with Crippen LogP contribution < -0.4 is 4.74 Å². The van der Waals surface area contributed by atoms with Gasteiger partial charge in [-0.25, -0.2) is 0 Å². The number of aliphatic carboxylic acids is 1. The number of carboxylic acids is 1. The first-order valence-electron chi connectivity index (χ1n) is 4.32. The first-order valence-corrected chi connectivity index (χ1v) is 5.07. The average molecular weight is 249 g/mol. The van der Waals surface area contributed by atoms with Crippen molar-refractivity contribution < 1.29 is 14.6 Å². The molecule has 5 heteroatoms.